The minimum Gasteiger partial charge on any atom is -0.378 e. The molecule has 2 rings (SSSR count). The molecular weight excluding hydrogens is 314 g/mol. The summed E-state index contributed by atoms with van der Waals surface area (Å²) < 4.78 is 0. The van der Waals surface area contributed by atoms with Gasteiger partial charge in [-0.3, -0.25) is 9.59 Å². The van der Waals surface area contributed by atoms with Crippen molar-refractivity contribution < 1.29 is 9.59 Å². The number of hydrogen-bond acceptors (Lipinski definition) is 3. The summed E-state index contributed by atoms with van der Waals surface area (Å²) in [6, 6.07) is 17.5. The van der Waals surface area contributed by atoms with Gasteiger partial charge < -0.3 is 15.1 Å². The predicted octanol–water partition coefficient (Wildman–Crippen LogP) is 2.78. The predicted molar refractivity (Wildman–Crippen MR) is 102 cm³/mol. The highest BCUT2D eigenvalue weighted by Crippen LogP contribution is 2.15. The molecule has 0 aliphatic rings. The average Bonchev–Trinajstić information content (AvgIpc) is 2.59. The molecule has 0 unspecified atom stereocenters. The number of nitrogens with one attached hydrogen (secondary N) is 1. The third-order valence-electron chi connectivity index (χ3n) is 3.96. The number of carbonyl (C=O) groups is 2. The van der Waals surface area contributed by atoms with Gasteiger partial charge in [0.15, 0.2) is 0 Å². The lowest BCUT2D eigenvalue weighted by atomic mass is 10.1. The van der Waals surface area contributed by atoms with E-state index in [9.17, 15) is 9.59 Å². The lowest BCUT2D eigenvalue weighted by Crippen LogP contribution is -2.38. The first kappa shape index (κ1) is 18.5. The molecule has 0 bridgehead atoms. The van der Waals surface area contributed by atoms with Crippen LogP contribution in [0.3, 0.4) is 0 Å². The van der Waals surface area contributed by atoms with Crippen LogP contribution in [0.15, 0.2) is 54.6 Å². The highest BCUT2D eigenvalue weighted by Gasteiger charge is 2.13. The molecule has 0 aliphatic heterocycles. The zero-order valence-corrected chi connectivity index (χ0v) is 15.0. The Morgan fingerprint density at radius 3 is 2.16 bits per heavy atom. The minimum absolute atomic E-state index is 0.0532. The second kappa shape index (κ2) is 8.87. The van der Waals surface area contributed by atoms with E-state index in [1.807, 2.05) is 73.6 Å². The van der Waals surface area contributed by atoms with Crippen LogP contribution in [0.1, 0.15) is 12.5 Å². The van der Waals surface area contributed by atoms with Gasteiger partial charge in [-0.15, -0.1) is 0 Å². The molecule has 0 saturated carbocycles. The van der Waals surface area contributed by atoms with Crippen molar-refractivity contribution in [3.05, 3.63) is 60.2 Å². The summed E-state index contributed by atoms with van der Waals surface area (Å²) >= 11 is 0. The Kier molecular flexibility index (Phi) is 6.57. The van der Waals surface area contributed by atoms with Gasteiger partial charge in [0.2, 0.25) is 11.8 Å². The average molecular weight is 339 g/mol. The van der Waals surface area contributed by atoms with Crippen LogP contribution in [0.25, 0.3) is 0 Å². The van der Waals surface area contributed by atoms with Gasteiger partial charge in [0.05, 0.1) is 6.54 Å². The molecule has 0 radical (unpaired) electrons. The van der Waals surface area contributed by atoms with Crippen LogP contribution in [0.5, 0.6) is 0 Å². The normalized spacial score (nSPS) is 10.2. The molecule has 0 spiro atoms. The quantitative estimate of drug-likeness (QED) is 0.844. The van der Waals surface area contributed by atoms with Crippen molar-refractivity contribution in [2.45, 2.75) is 13.3 Å². The van der Waals surface area contributed by atoms with Crippen LogP contribution < -0.4 is 10.2 Å². The molecule has 2 aromatic rings. The summed E-state index contributed by atoms with van der Waals surface area (Å²) in [5, 5.41) is 2.84. The van der Waals surface area contributed by atoms with Crippen LogP contribution in [0.2, 0.25) is 0 Å². The fourth-order valence-electron chi connectivity index (χ4n) is 2.47. The van der Waals surface area contributed by atoms with Crippen molar-refractivity contribution in [3.8, 4) is 0 Å². The SMILES string of the molecule is CC(=O)N(CCc1ccccc1)CC(=O)Nc1ccc(N(C)C)cc1. The molecule has 132 valence electrons. The smallest absolute Gasteiger partial charge is 0.243 e. The molecule has 0 aromatic heterocycles. The Bertz CT molecular complexity index is 697. The molecule has 1 N–H and O–H groups in total. The molecular formula is C20H25N3O2. The molecule has 2 aromatic carbocycles. The Hall–Kier alpha value is -2.82. The van der Waals surface area contributed by atoms with Gasteiger partial charge >= 0.3 is 0 Å². The lowest BCUT2D eigenvalue weighted by Gasteiger charge is -2.20. The summed E-state index contributed by atoms with van der Waals surface area (Å²) in [5.74, 6) is -0.296. The van der Waals surface area contributed by atoms with Crippen molar-refractivity contribution in [3.63, 3.8) is 0 Å². The molecule has 25 heavy (non-hydrogen) atoms. The summed E-state index contributed by atoms with van der Waals surface area (Å²) in [6.07, 6.45) is 0.727. The fourth-order valence-corrected chi connectivity index (χ4v) is 2.47. The van der Waals surface area contributed by atoms with Crippen LogP contribution in [0.4, 0.5) is 11.4 Å². The first-order valence-corrected chi connectivity index (χ1v) is 8.32. The van der Waals surface area contributed by atoms with Gasteiger partial charge in [0.1, 0.15) is 0 Å². The first-order valence-electron chi connectivity index (χ1n) is 8.32. The van der Waals surface area contributed by atoms with E-state index >= 15 is 0 Å². The van der Waals surface area contributed by atoms with Gasteiger partial charge in [-0.2, -0.15) is 0 Å². The molecule has 5 nitrogen and oxygen atoms in total. The Labute approximate surface area is 149 Å². The molecule has 0 aliphatic carbocycles. The first-order chi connectivity index (χ1) is 12.0. The fraction of sp³-hybridized carbons (Fsp3) is 0.300. The highest BCUT2D eigenvalue weighted by molar-refractivity contribution is 5.94. The summed E-state index contributed by atoms with van der Waals surface area (Å²) in [6.45, 7) is 2.06. The van der Waals surface area contributed by atoms with E-state index in [1.165, 1.54) is 6.92 Å². The van der Waals surface area contributed by atoms with Gasteiger partial charge in [0, 0.05) is 38.9 Å². The number of benzene rings is 2. The van der Waals surface area contributed by atoms with Crippen LogP contribution in [-0.2, 0) is 16.0 Å². The molecule has 0 heterocycles. The van der Waals surface area contributed by atoms with Crippen molar-refractivity contribution in [1.82, 2.24) is 4.90 Å². The zero-order chi connectivity index (χ0) is 18.2. The summed E-state index contributed by atoms with van der Waals surface area (Å²) in [5.41, 5.74) is 2.93. The molecule has 5 heteroatoms. The molecule has 2 amide bonds. The molecule has 0 fully saturated rings. The van der Waals surface area contributed by atoms with Gasteiger partial charge in [-0.05, 0) is 36.2 Å². The van der Waals surface area contributed by atoms with E-state index < -0.39 is 0 Å². The van der Waals surface area contributed by atoms with Crippen molar-refractivity contribution >= 4 is 23.2 Å². The summed E-state index contributed by atoms with van der Waals surface area (Å²) in [7, 11) is 3.93. The van der Waals surface area contributed by atoms with Gasteiger partial charge in [-0.25, -0.2) is 0 Å². The standard InChI is InChI=1S/C20H25N3O2/c1-16(24)23(14-13-17-7-5-4-6-8-17)15-20(25)21-18-9-11-19(12-10-18)22(2)3/h4-12H,13-15H2,1-3H3,(H,21,25). The van der Waals surface area contributed by atoms with Crippen molar-refractivity contribution in [1.29, 1.82) is 0 Å². The molecule has 0 atom stereocenters. The Morgan fingerprint density at radius 2 is 1.60 bits per heavy atom. The topological polar surface area (TPSA) is 52.7 Å². The number of hydrogen-bond donors (Lipinski definition) is 1. The van der Waals surface area contributed by atoms with Gasteiger partial charge in [0.25, 0.3) is 0 Å². The van der Waals surface area contributed by atoms with Crippen molar-refractivity contribution in [2.24, 2.45) is 0 Å². The monoisotopic (exact) mass is 339 g/mol. The number of carbonyl (C=O) groups excluding carboxylic acids is 2. The second-order valence-electron chi connectivity index (χ2n) is 6.17. The van der Waals surface area contributed by atoms with E-state index in [-0.39, 0.29) is 18.4 Å². The Morgan fingerprint density at radius 1 is 0.960 bits per heavy atom. The van der Waals surface area contributed by atoms with Crippen LogP contribution in [0, 0.1) is 0 Å². The van der Waals surface area contributed by atoms with Crippen LogP contribution in [-0.4, -0.2) is 43.9 Å². The van der Waals surface area contributed by atoms with E-state index in [0.29, 0.717) is 6.54 Å². The third-order valence-corrected chi connectivity index (χ3v) is 3.96. The number of anilines is 2. The van der Waals surface area contributed by atoms with E-state index in [2.05, 4.69) is 5.32 Å². The van der Waals surface area contributed by atoms with E-state index in [1.54, 1.807) is 4.90 Å². The number of rotatable bonds is 7. The highest BCUT2D eigenvalue weighted by atomic mass is 16.2. The van der Waals surface area contributed by atoms with E-state index in [0.717, 1.165) is 23.4 Å². The Balaban J connectivity index is 1.90. The maximum atomic E-state index is 12.2. The number of amides is 2. The maximum absolute atomic E-state index is 12.2. The lowest BCUT2D eigenvalue weighted by molar-refractivity contribution is -0.132. The number of nitrogens with zero attached hydrogens (tertiary/aromatic N) is 2. The summed E-state index contributed by atoms with van der Waals surface area (Å²) in [4.78, 5) is 27.6. The second-order valence-corrected chi connectivity index (χ2v) is 6.17. The minimum atomic E-state index is -0.194. The van der Waals surface area contributed by atoms with Gasteiger partial charge in [-0.1, -0.05) is 30.3 Å². The zero-order valence-electron chi connectivity index (χ0n) is 15.0. The van der Waals surface area contributed by atoms with E-state index in [4.69, 9.17) is 0 Å². The molecule has 0 saturated heterocycles. The van der Waals surface area contributed by atoms with Crippen molar-refractivity contribution in [2.75, 3.05) is 37.4 Å². The maximum Gasteiger partial charge on any atom is 0.243 e. The third kappa shape index (κ3) is 5.95. The largest absolute Gasteiger partial charge is 0.378 e. The van der Waals surface area contributed by atoms with Crippen LogP contribution >= 0.6 is 0 Å².